The number of aromatic hydroxyl groups is 1. The van der Waals surface area contributed by atoms with Crippen LogP contribution in [0.5, 0.6) is 5.75 Å². The van der Waals surface area contributed by atoms with E-state index in [-0.39, 0.29) is 34.1 Å². The van der Waals surface area contributed by atoms with E-state index in [4.69, 9.17) is 9.15 Å². The highest BCUT2D eigenvalue weighted by Crippen LogP contribution is 2.34. The van der Waals surface area contributed by atoms with Gasteiger partial charge >= 0.3 is 11.6 Å². The molecule has 0 radical (unpaired) electrons. The van der Waals surface area contributed by atoms with Gasteiger partial charge in [-0.05, 0) is 46.5 Å². The zero-order chi connectivity index (χ0) is 22.8. The van der Waals surface area contributed by atoms with Crippen molar-refractivity contribution >= 4 is 34.4 Å². The van der Waals surface area contributed by atoms with Crippen LogP contribution in [0.25, 0.3) is 11.0 Å². The Morgan fingerprint density at radius 3 is 2.81 bits per heavy atom. The lowest BCUT2D eigenvalue weighted by atomic mass is 10.1. The number of phenols is 1. The van der Waals surface area contributed by atoms with Crippen molar-refractivity contribution < 1.29 is 24.0 Å². The van der Waals surface area contributed by atoms with Crippen LogP contribution in [0.1, 0.15) is 15.9 Å². The molecule has 0 spiro atoms. The van der Waals surface area contributed by atoms with E-state index in [0.717, 1.165) is 17.8 Å². The van der Waals surface area contributed by atoms with Gasteiger partial charge in [-0.15, -0.1) is 5.10 Å². The summed E-state index contributed by atoms with van der Waals surface area (Å²) in [5, 5.41) is 32.8. The summed E-state index contributed by atoms with van der Waals surface area (Å²) in [6.07, 6.45) is 0. The summed E-state index contributed by atoms with van der Waals surface area (Å²) in [6, 6.07) is 9.26. The second-order valence-electron chi connectivity index (χ2n) is 6.47. The van der Waals surface area contributed by atoms with Crippen LogP contribution in [-0.2, 0) is 18.4 Å². The number of esters is 1. The fraction of sp³-hybridized carbons (Fsp3) is 0.105. The molecule has 0 aliphatic heterocycles. The average molecular weight is 455 g/mol. The number of nitro benzene ring substituents is 1. The summed E-state index contributed by atoms with van der Waals surface area (Å²) in [7, 11) is 1.59. The van der Waals surface area contributed by atoms with Crippen LogP contribution in [0.4, 0.5) is 5.69 Å². The van der Waals surface area contributed by atoms with Crippen molar-refractivity contribution in [3.05, 3.63) is 74.1 Å². The highest BCUT2D eigenvalue weighted by atomic mass is 32.2. The number of ether oxygens (including phenoxy) is 1. The summed E-state index contributed by atoms with van der Waals surface area (Å²) in [5.41, 5.74) is -0.528. The number of rotatable bonds is 6. The van der Waals surface area contributed by atoms with Crippen LogP contribution < -0.4 is 5.63 Å². The highest BCUT2D eigenvalue weighted by Gasteiger charge is 2.21. The van der Waals surface area contributed by atoms with Crippen molar-refractivity contribution in [2.24, 2.45) is 7.05 Å². The molecule has 13 heteroatoms. The number of nitrogens with zero attached hydrogens (tertiary/aromatic N) is 5. The number of aromatic nitrogens is 4. The second kappa shape index (κ2) is 8.47. The Kier molecular flexibility index (Phi) is 5.55. The molecule has 0 bridgehead atoms. The van der Waals surface area contributed by atoms with Gasteiger partial charge in [-0.1, -0.05) is 0 Å². The van der Waals surface area contributed by atoms with E-state index in [2.05, 4.69) is 15.5 Å². The number of fused-ring (bicyclic) bond motifs is 1. The largest absolute Gasteiger partial charge is 0.508 e. The van der Waals surface area contributed by atoms with Gasteiger partial charge in [-0.2, -0.15) is 0 Å². The molecule has 2 aromatic heterocycles. The highest BCUT2D eigenvalue weighted by molar-refractivity contribution is 7.99. The summed E-state index contributed by atoms with van der Waals surface area (Å²) >= 11 is 0.978. The molecule has 2 heterocycles. The van der Waals surface area contributed by atoms with Crippen LogP contribution in [0.2, 0.25) is 0 Å². The molecular weight excluding hydrogens is 442 g/mol. The fourth-order valence-electron chi connectivity index (χ4n) is 2.84. The van der Waals surface area contributed by atoms with E-state index in [0.29, 0.717) is 16.1 Å². The molecule has 0 amide bonds. The first-order valence-corrected chi connectivity index (χ1v) is 9.75. The molecule has 4 aromatic rings. The maximum Gasteiger partial charge on any atom is 0.338 e. The molecule has 32 heavy (non-hydrogen) atoms. The summed E-state index contributed by atoms with van der Waals surface area (Å²) in [5.74, 6) is -0.901. The third-order valence-corrected chi connectivity index (χ3v) is 5.44. The number of carbonyl (C=O) groups excluding carboxylic acids is 1. The van der Waals surface area contributed by atoms with Crippen LogP contribution >= 0.6 is 11.8 Å². The Bertz CT molecular complexity index is 1410. The lowest BCUT2D eigenvalue weighted by Crippen LogP contribution is -2.08. The maximum absolute atomic E-state index is 12.5. The van der Waals surface area contributed by atoms with E-state index in [1.54, 1.807) is 7.05 Å². The molecule has 0 aliphatic rings. The van der Waals surface area contributed by atoms with Crippen molar-refractivity contribution in [3.63, 3.8) is 0 Å². The van der Waals surface area contributed by atoms with E-state index < -0.39 is 16.5 Å². The van der Waals surface area contributed by atoms with E-state index in [1.165, 1.54) is 41.1 Å². The van der Waals surface area contributed by atoms with Crippen molar-refractivity contribution in [3.8, 4) is 5.75 Å². The molecule has 2 aromatic carbocycles. The zero-order valence-corrected chi connectivity index (χ0v) is 17.1. The SMILES string of the molecule is Cn1nnnc1Sc1ccc(C(=O)OCc2cc(=O)oc3cc(O)ccc23)cc1[N+](=O)[O-]. The molecule has 162 valence electrons. The van der Waals surface area contributed by atoms with Gasteiger partial charge < -0.3 is 14.3 Å². The number of nitro groups is 1. The van der Waals surface area contributed by atoms with Crippen molar-refractivity contribution in [2.45, 2.75) is 16.7 Å². The van der Waals surface area contributed by atoms with Crippen LogP contribution in [0, 0.1) is 10.1 Å². The fourth-order valence-corrected chi connectivity index (χ4v) is 3.66. The van der Waals surface area contributed by atoms with Crippen molar-refractivity contribution in [1.82, 2.24) is 20.2 Å². The number of tetrazole rings is 1. The number of hydrogen-bond donors (Lipinski definition) is 1. The normalized spacial score (nSPS) is 10.9. The third-order valence-electron chi connectivity index (χ3n) is 4.35. The summed E-state index contributed by atoms with van der Waals surface area (Å²) < 4.78 is 11.6. The van der Waals surface area contributed by atoms with Gasteiger partial charge in [0.2, 0.25) is 5.16 Å². The minimum atomic E-state index is -0.815. The Balaban J connectivity index is 1.57. The monoisotopic (exact) mass is 455 g/mol. The van der Waals surface area contributed by atoms with Crippen molar-refractivity contribution in [2.75, 3.05) is 0 Å². The molecule has 0 fully saturated rings. The lowest BCUT2D eigenvalue weighted by Gasteiger charge is -2.08. The van der Waals surface area contributed by atoms with Crippen LogP contribution in [0.3, 0.4) is 0 Å². The number of benzene rings is 2. The van der Waals surface area contributed by atoms with Gasteiger partial charge in [0.25, 0.3) is 5.69 Å². The number of carbonyl (C=O) groups is 1. The first kappa shape index (κ1) is 21.0. The quantitative estimate of drug-likeness (QED) is 0.196. The van der Waals surface area contributed by atoms with E-state index in [9.17, 15) is 24.8 Å². The topological polar surface area (TPSA) is 163 Å². The second-order valence-corrected chi connectivity index (χ2v) is 7.48. The molecule has 0 saturated carbocycles. The molecule has 0 aliphatic carbocycles. The molecular formula is C19H13N5O7S. The molecule has 1 N–H and O–H groups in total. The van der Waals surface area contributed by atoms with Gasteiger partial charge in [0.15, 0.2) is 0 Å². The Morgan fingerprint density at radius 2 is 2.09 bits per heavy atom. The molecule has 12 nitrogen and oxygen atoms in total. The first-order chi connectivity index (χ1) is 15.3. The van der Waals surface area contributed by atoms with Crippen LogP contribution in [0.15, 0.2) is 61.7 Å². The molecule has 0 unspecified atom stereocenters. The average Bonchev–Trinajstić information content (AvgIpc) is 3.15. The van der Waals surface area contributed by atoms with Gasteiger partial charge in [0.1, 0.15) is 17.9 Å². The lowest BCUT2D eigenvalue weighted by molar-refractivity contribution is -0.387. The minimum absolute atomic E-state index is 0.0398. The first-order valence-electron chi connectivity index (χ1n) is 8.93. The van der Waals surface area contributed by atoms with Crippen molar-refractivity contribution in [1.29, 1.82) is 0 Å². The van der Waals surface area contributed by atoms with E-state index >= 15 is 0 Å². The van der Waals surface area contributed by atoms with Gasteiger partial charge in [-0.25, -0.2) is 14.3 Å². The molecule has 4 rings (SSSR count). The third kappa shape index (κ3) is 4.27. The Hall–Kier alpha value is -4.26. The molecule has 0 saturated heterocycles. The predicted molar refractivity (Wildman–Crippen MR) is 109 cm³/mol. The zero-order valence-electron chi connectivity index (χ0n) is 16.3. The summed E-state index contributed by atoms with van der Waals surface area (Å²) in [6.45, 7) is -0.277. The van der Waals surface area contributed by atoms with Crippen LogP contribution in [-0.4, -0.2) is 36.2 Å². The number of aryl methyl sites for hydroxylation is 1. The summed E-state index contributed by atoms with van der Waals surface area (Å²) in [4.78, 5) is 35.4. The maximum atomic E-state index is 12.5. The smallest absolute Gasteiger partial charge is 0.338 e. The number of hydrogen-bond acceptors (Lipinski definition) is 11. The van der Waals surface area contributed by atoms with E-state index in [1.807, 2.05) is 0 Å². The van der Waals surface area contributed by atoms with Gasteiger partial charge in [-0.3, -0.25) is 10.1 Å². The van der Waals surface area contributed by atoms with Gasteiger partial charge in [0, 0.05) is 36.2 Å². The number of phenolic OH excluding ortho intramolecular Hbond substituents is 1. The predicted octanol–water partition coefficient (Wildman–Crippen LogP) is 2.44. The standard InChI is InChI=1S/C19H13N5O7S/c1-23-19(20-21-22-23)32-16-5-2-10(6-14(16)24(28)29)18(27)30-9-11-7-17(26)31-15-8-12(25)3-4-13(11)15/h2-8,25H,9H2,1H3. The van der Waals surface area contributed by atoms with Gasteiger partial charge in [0.05, 0.1) is 15.4 Å². The Morgan fingerprint density at radius 1 is 1.28 bits per heavy atom. The molecule has 0 atom stereocenters. The Labute approximate surface area is 182 Å². The minimum Gasteiger partial charge on any atom is -0.508 e.